The highest BCUT2D eigenvalue weighted by Gasteiger charge is 2.23. The van der Waals surface area contributed by atoms with Crippen molar-refractivity contribution in [1.82, 2.24) is 9.88 Å². The first-order valence-corrected chi connectivity index (χ1v) is 7.85. The molecule has 2 heterocycles. The predicted molar refractivity (Wildman–Crippen MR) is 83.6 cm³/mol. The molecule has 1 N–H and O–H groups in total. The Labute approximate surface area is 126 Å². The van der Waals surface area contributed by atoms with Crippen LogP contribution >= 0.6 is 0 Å². The van der Waals surface area contributed by atoms with Crippen molar-refractivity contribution in [2.75, 3.05) is 31.6 Å². The van der Waals surface area contributed by atoms with Gasteiger partial charge in [0.05, 0.1) is 6.10 Å². The van der Waals surface area contributed by atoms with E-state index >= 15 is 0 Å². The fourth-order valence-electron chi connectivity index (χ4n) is 2.48. The Kier molecular flexibility index (Phi) is 5.99. The average molecular weight is 291 g/mol. The molecular weight excluding hydrogens is 266 g/mol. The lowest BCUT2D eigenvalue weighted by Crippen LogP contribution is -2.37. The number of rotatable bonds is 7. The largest absolute Gasteiger partial charge is 0.385 e. The van der Waals surface area contributed by atoms with Crippen LogP contribution in [-0.2, 0) is 4.74 Å². The third kappa shape index (κ3) is 4.43. The summed E-state index contributed by atoms with van der Waals surface area (Å²) in [5.74, 6) is -0.0202. The number of anilines is 1. The van der Waals surface area contributed by atoms with E-state index in [1.807, 2.05) is 24.0 Å². The first-order chi connectivity index (χ1) is 10.2. The summed E-state index contributed by atoms with van der Waals surface area (Å²) in [6.45, 7) is 7.14. The second-order valence-electron chi connectivity index (χ2n) is 5.34. The van der Waals surface area contributed by atoms with Gasteiger partial charge in [0.15, 0.2) is 0 Å². The van der Waals surface area contributed by atoms with Crippen LogP contribution in [0.3, 0.4) is 0 Å². The third-order valence-corrected chi connectivity index (χ3v) is 3.68. The Morgan fingerprint density at radius 2 is 2.38 bits per heavy atom. The number of ether oxygens (including phenoxy) is 1. The summed E-state index contributed by atoms with van der Waals surface area (Å²) < 4.78 is 5.62. The lowest BCUT2D eigenvalue weighted by Gasteiger charge is -2.23. The lowest BCUT2D eigenvalue weighted by molar-refractivity contribution is 0.0535. The zero-order valence-electron chi connectivity index (χ0n) is 13.0. The Balaban J connectivity index is 2.02. The van der Waals surface area contributed by atoms with E-state index in [4.69, 9.17) is 4.74 Å². The molecule has 1 aromatic heterocycles. The van der Waals surface area contributed by atoms with Gasteiger partial charge < -0.3 is 15.0 Å². The van der Waals surface area contributed by atoms with Gasteiger partial charge in [-0.1, -0.05) is 6.92 Å². The van der Waals surface area contributed by atoms with E-state index < -0.39 is 0 Å². The summed E-state index contributed by atoms with van der Waals surface area (Å²) in [6.07, 6.45) is 5.03. The van der Waals surface area contributed by atoms with Gasteiger partial charge in [0.1, 0.15) is 5.69 Å². The van der Waals surface area contributed by atoms with Crippen LogP contribution in [0.15, 0.2) is 18.3 Å². The molecule has 1 aliphatic heterocycles. The molecule has 1 aromatic rings. The molecule has 5 nitrogen and oxygen atoms in total. The van der Waals surface area contributed by atoms with Crippen molar-refractivity contribution >= 4 is 11.6 Å². The molecule has 2 rings (SSSR count). The van der Waals surface area contributed by atoms with E-state index in [2.05, 4.69) is 17.2 Å². The molecular formula is C16H25N3O2. The van der Waals surface area contributed by atoms with Crippen molar-refractivity contribution in [2.45, 2.75) is 39.2 Å². The number of carbonyl (C=O) groups is 1. The van der Waals surface area contributed by atoms with Crippen molar-refractivity contribution in [1.29, 1.82) is 0 Å². The van der Waals surface area contributed by atoms with E-state index in [0.29, 0.717) is 18.8 Å². The van der Waals surface area contributed by atoms with Gasteiger partial charge >= 0.3 is 0 Å². The van der Waals surface area contributed by atoms with Gasteiger partial charge in [0.25, 0.3) is 5.91 Å². The van der Waals surface area contributed by atoms with Crippen LogP contribution in [0.4, 0.5) is 5.69 Å². The Bertz CT molecular complexity index is 459. The van der Waals surface area contributed by atoms with Gasteiger partial charge in [-0.25, -0.2) is 0 Å². The van der Waals surface area contributed by atoms with E-state index in [9.17, 15) is 4.79 Å². The molecule has 1 saturated heterocycles. The van der Waals surface area contributed by atoms with E-state index in [1.54, 1.807) is 6.20 Å². The smallest absolute Gasteiger partial charge is 0.272 e. The third-order valence-electron chi connectivity index (χ3n) is 3.68. The maximum absolute atomic E-state index is 12.6. The van der Waals surface area contributed by atoms with Crippen molar-refractivity contribution in [3.8, 4) is 0 Å². The topological polar surface area (TPSA) is 54.5 Å². The molecule has 0 saturated carbocycles. The van der Waals surface area contributed by atoms with Gasteiger partial charge in [-0.3, -0.25) is 9.78 Å². The number of nitrogens with one attached hydrogen (secondary N) is 1. The minimum atomic E-state index is -0.0202. The van der Waals surface area contributed by atoms with E-state index in [1.165, 1.54) is 0 Å². The second kappa shape index (κ2) is 7.98. The number of likely N-dealkylation sites (N-methyl/N-ethyl adjacent to an activating group) is 1. The van der Waals surface area contributed by atoms with Gasteiger partial charge in [-0.2, -0.15) is 0 Å². The first-order valence-electron chi connectivity index (χ1n) is 7.85. The normalized spacial score (nSPS) is 17.7. The molecule has 0 spiro atoms. The minimum absolute atomic E-state index is 0.0202. The Morgan fingerprint density at radius 1 is 1.52 bits per heavy atom. The van der Waals surface area contributed by atoms with Crippen LogP contribution in [0.2, 0.25) is 0 Å². The lowest BCUT2D eigenvalue weighted by atomic mass is 10.2. The molecule has 0 radical (unpaired) electrons. The van der Waals surface area contributed by atoms with Crippen LogP contribution in [0.1, 0.15) is 43.6 Å². The van der Waals surface area contributed by atoms with Crippen LogP contribution in [0.25, 0.3) is 0 Å². The van der Waals surface area contributed by atoms with Crippen LogP contribution in [0, 0.1) is 0 Å². The monoisotopic (exact) mass is 291 g/mol. The van der Waals surface area contributed by atoms with Gasteiger partial charge in [-0.05, 0) is 38.3 Å². The fourth-order valence-corrected chi connectivity index (χ4v) is 2.48. The Hall–Kier alpha value is -1.62. The summed E-state index contributed by atoms with van der Waals surface area (Å²) in [5, 5.41) is 3.28. The number of hydrogen-bond donors (Lipinski definition) is 1. The van der Waals surface area contributed by atoms with E-state index in [-0.39, 0.29) is 12.0 Å². The molecule has 0 aliphatic carbocycles. The molecule has 5 heteroatoms. The maximum Gasteiger partial charge on any atom is 0.272 e. The summed E-state index contributed by atoms with van der Waals surface area (Å²) in [4.78, 5) is 18.6. The summed E-state index contributed by atoms with van der Waals surface area (Å²) in [6, 6.07) is 3.72. The van der Waals surface area contributed by atoms with Crippen LogP contribution < -0.4 is 5.32 Å². The zero-order valence-corrected chi connectivity index (χ0v) is 13.0. The highest BCUT2D eigenvalue weighted by atomic mass is 16.5. The molecule has 1 atom stereocenters. The molecule has 1 aliphatic rings. The molecule has 21 heavy (non-hydrogen) atoms. The molecule has 0 aromatic carbocycles. The SMILES string of the molecule is CCCNc1ccnc(C(=O)N(CC)CC2CCCO2)c1. The highest BCUT2D eigenvalue weighted by molar-refractivity contribution is 5.93. The summed E-state index contributed by atoms with van der Waals surface area (Å²) in [5.41, 5.74) is 1.44. The average Bonchev–Trinajstić information content (AvgIpc) is 3.03. The van der Waals surface area contributed by atoms with Crippen LogP contribution in [0.5, 0.6) is 0 Å². The van der Waals surface area contributed by atoms with Gasteiger partial charge in [0.2, 0.25) is 0 Å². The number of carbonyl (C=O) groups excluding carboxylic acids is 1. The number of nitrogens with zero attached hydrogens (tertiary/aromatic N) is 2. The molecule has 116 valence electrons. The summed E-state index contributed by atoms with van der Waals surface area (Å²) in [7, 11) is 0. The van der Waals surface area contributed by atoms with Crippen molar-refractivity contribution in [3.05, 3.63) is 24.0 Å². The van der Waals surface area contributed by atoms with Crippen molar-refractivity contribution < 1.29 is 9.53 Å². The second-order valence-corrected chi connectivity index (χ2v) is 5.34. The number of amides is 1. The first kappa shape index (κ1) is 15.8. The highest BCUT2D eigenvalue weighted by Crippen LogP contribution is 2.15. The minimum Gasteiger partial charge on any atom is -0.385 e. The quantitative estimate of drug-likeness (QED) is 0.839. The van der Waals surface area contributed by atoms with Crippen molar-refractivity contribution in [2.24, 2.45) is 0 Å². The number of hydrogen-bond acceptors (Lipinski definition) is 4. The molecule has 1 amide bonds. The standard InChI is InChI=1S/C16H25N3O2/c1-3-8-17-13-7-9-18-15(11-13)16(20)19(4-2)12-14-6-5-10-21-14/h7,9,11,14H,3-6,8,10,12H2,1-2H3,(H,17,18). The molecule has 1 fully saturated rings. The fraction of sp³-hybridized carbons (Fsp3) is 0.625. The zero-order chi connectivity index (χ0) is 15.1. The predicted octanol–water partition coefficient (Wildman–Crippen LogP) is 2.54. The van der Waals surface area contributed by atoms with E-state index in [0.717, 1.165) is 38.1 Å². The van der Waals surface area contributed by atoms with Gasteiger partial charge in [-0.15, -0.1) is 0 Å². The van der Waals surface area contributed by atoms with Crippen molar-refractivity contribution in [3.63, 3.8) is 0 Å². The molecule has 1 unspecified atom stereocenters. The Morgan fingerprint density at radius 3 is 3.05 bits per heavy atom. The molecule has 0 bridgehead atoms. The summed E-state index contributed by atoms with van der Waals surface area (Å²) >= 11 is 0. The van der Waals surface area contributed by atoms with Gasteiger partial charge in [0, 0.05) is 38.1 Å². The maximum atomic E-state index is 12.6. The number of aromatic nitrogens is 1. The van der Waals surface area contributed by atoms with Crippen LogP contribution in [-0.4, -0.2) is 48.1 Å². The number of pyridine rings is 1.